The molecule has 0 saturated carbocycles. The van der Waals surface area contributed by atoms with Gasteiger partial charge in [-0.2, -0.15) is 0 Å². The van der Waals surface area contributed by atoms with Crippen LogP contribution in [0.25, 0.3) is 10.8 Å². The molecule has 0 heterocycles. The van der Waals surface area contributed by atoms with Gasteiger partial charge in [-0.3, -0.25) is 9.59 Å². The number of benzene rings is 3. The molecule has 0 aromatic heterocycles. The molecule has 1 N–H and O–H groups in total. The van der Waals surface area contributed by atoms with Gasteiger partial charge in [-0.05, 0) is 47.9 Å². The quantitative estimate of drug-likeness (QED) is 0.622. The van der Waals surface area contributed by atoms with Crippen LogP contribution in [0.4, 0.5) is 5.69 Å². The minimum absolute atomic E-state index is 0.175. The average molecular weight is 377 g/mol. The van der Waals surface area contributed by atoms with E-state index >= 15 is 0 Å². The summed E-state index contributed by atoms with van der Waals surface area (Å²) in [7, 11) is 1.59. The van der Waals surface area contributed by atoms with Crippen molar-refractivity contribution in [2.45, 2.75) is 25.9 Å². The first-order valence-electron chi connectivity index (χ1n) is 9.18. The topological polar surface area (TPSA) is 64.6 Å². The second kappa shape index (κ2) is 9.04. The van der Waals surface area contributed by atoms with E-state index in [4.69, 9.17) is 9.47 Å². The first kappa shape index (κ1) is 19.4. The van der Waals surface area contributed by atoms with E-state index in [-0.39, 0.29) is 12.3 Å². The number of hydrogen-bond donors (Lipinski definition) is 1. The molecule has 0 spiro atoms. The average Bonchev–Trinajstić information content (AvgIpc) is 2.72. The third-order valence-corrected chi connectivity index (χ3v) is 4.49. The lowest BCUT2D eigenvalue weighted by Crippen LogP contribution is -2.30. The molecule has 0 aliphatic carbocycles. The van der Waals surface area contributed by atoms with Crippen LogP contribution in [0.2, 0.25) is 0 Å². The highest BCUT2D eigenvalue weighted by Crippen LogP contribution is 2.20. The van der Waals surface area contributed by atoms with Gasteiger partial charge in [0.2, 0.25) is 0 Å². The molecule has 28 heavy (non-hydrogen) atoms. The smallest absolute Gasteiger partial charge is 0.306 e. The summed E-state index contributed by atoms with van der Waals surface area (Å²) in [5.41, 5.74) is 1.59. The van der Waals surface area contributed by atoms with Gasteiger partial charge >= 0.3 is 5.97 Å². The molecular formula is C23H23NO4. The lowest BCUT2D eigenvalue weighted by Gasteiger charge is -2.14. The summed E-state index contributed by atoms with van der Waals surface area (Å²) in [4.78, 5) is 24.5. The largest absolute Gasteiger partial charge is 0.496 e. The molecule has 0 saturated heterocycles. The Kier molecular flexibility index (Phi) is 6.27. The van der Waals surface area contributed by atoms with E-state index in [0.29, 0.717) is 12.1 Å². The number of ether oxygens (including phenoxy) is 2. The van der Waals surface area contributed by atoms with E-state index in [1.54, 1.807) is 14.0 Å². The highest BCUT2D eigenvalue weighted by Gasteiger charge is 2.18. The van der Waals surface area contributed by atoms with E-state index in [1.165, 1.54) is 0 Å². The number of aryl methyl sites for hydroxylation is 1. The second-order valence-electron chi connectivity index (χ2n) is 6.50. The Morgan fingerprint density at radius 2 is 1.68 bits per heavy atom. The number of nitrogens with one attached hydrogen (secondary N) is 1. The van der Waals surface area contributed by atoms with Crippen molar-refractivity contribution in [3.8, 4) is 5.75 Å². The predicted octanol–water partition coefficient (Wildman–Crippen LogP) is 4.35. The van der Waals surface area contributed by atoms with Crippen molar-refractivity contribution in [3.63, 3.8) is 0 Å². The number of esters is 1. The monoisotopic (exact) mass is 377 g/mol. The highest BCUT2D eigenvalue weighted by atomic mass is 16.5. The maximum Gasteiger partial charge on any atom is 0.306 e. The number of carbonyl (C=O) groups excluding carboxylic acids is 2. The van der Waals surface area contributed by atoms with Crippen LogP contribution in [0.15, 0.2) is 66.7 Å². The zero-order chi connectivity index (χ0) is 19.9. The Morgan fingerprint density at radius 3 is 2.46 bits per heavy atom. The molecule has 0 bridgehead atoms. The molecule has 1 amide bonds. The van der Waals surface area contributed by atoms with Gasteiger partial charge in [-0.1, -0.05) is 48.5 Å². The first-order valence-corrected chi connectivity index (χ1v) is 9.18. The molecule has 0 radical (unpaired) electrons. The molecule has 0 aliphatic rings. The van der Waals surface area contributed by atoms with Gasteiger partial charge in [-0.25, -0.2) is 0 Å². The van der Waals surface area contributed by atoms with E-state index < -0.39 is 12.1 Å². The van der Waals surface area contributed by atoms with Crippen LogP contribution in [0.3, 0.4) is 0 Å². The molecule has 144 valence electrons. The molecule has 3 rings (SSSR count). The number of para-hydroxylation sites is 1. The summed E-state index contributed by atoms with van der Waals surface area (Å²) in [6, 6.07) is 21.1. The number of carbonyl (C=O) groups is 2. The lowest BCUT2D eigenvalue weighted by atomic mass is 10.1. The minimum atomic E-state index is -0.878. The summed E-state index contributed by atoms with van der Waals surface area (Å²) < 4.78 is 10.6. The van der Waals surface area contributed by atoms with Crippen LogP contribution in [-0.4, -0.2) is 25.1 Å². The molecule has 3 aromatic carbocycles. The Morgan fingerprint density at radius 1 is 0.964 bits per heavy atom. The molecule has 1 atom stereocenters. The predicted molar refractivity (Wildman–Crippen MR) is 109 cm³/mol. The maximum atomic E-state index is 12.4. The fourth-order valence-corrected chi connectivity index (χ4v) is 2.97. The van der Waals surface area contributed by atoms with Crippen LogP contribution in [0.5, 0.6) is 5.75 Å². The number of rotatable bonds is 7. The van der Waals surface area contributed by atoms with Crippen molar-refractivity contribution < 1.29 is 19.1 Å². The summed E-state index contributed by atoms with van der Waals surface area (Å²) in [5.74, 6) is -0.0506. The first-order chi connectivity index (χ1) is 13.6. The van der Waals surface area contributed by atoms with E-state index in [9.17, 15) is 9.59 Å². The zero-order valence-electron chi connectivity index (χ0n) is 16.0. The van der Waals surface area contributed by atoms with Gasteiger partial charge in [0.25, 0.3) is 5.91 Å². The van der Waals surface area contributed by atoms with Crippen LogP contribution in [0.1, 0.15) is 18.9 Å². The number of methoxy groups -OCH3 is 1. The number of amides is 1. The maximum absolute atomic E-state index is 12.4. The van der Waals surface area contributed by atoms with Crippen molar-refractivity contribution in [1.82, 2.24) is 0 Å². The van der Waals surface area contributed by atoms with Crippen molar-refractivity contribution in [3.05, 3.63) is 72.3 Å². The van der Waals surface area contributed by atoms with Crippen LogP contribution < -0.4 is 10.1 Å². The third-order valence-electron chi connectivity index (χ3n) is 4.49. The van der Waals surface area contributed by atoms with Gasteiger partial charge < -0.3 is 14.8 Å². The van der Waals surface area contributed by atoms with Gasteiger partial charge in [0.05, 0.1) is 7.11 Å². The standard InChI is InChI=1S/C23H23NO4/c1-16(28-22(25)14-12-18-8-5-6-10-21(18)27-2)23(26)24-20-13-11-17-7-3-4-9-19(17)15-20/h3-11,13,15-16H,12,14H2,1-2H3,(H,24,26)/t16-/m1/s1. The number of anilines is 1. The van der Waals surface area contributed by atoms with Crippen molar-refractivity contribution in [2.75, 3.05) is 12.4 Å². The molecule has 0 fully saturated rings. The fraction of sp³-hybridized carbons (Fsp3) is 0.217. The van der Waals surface area contributed by atoms with Crippen molar-refractivity contribution >= 4 is 28.3 Å². The van der Waals surface area contributed by atoms with E-state index in [0.717, 1.165) is 22.1 Å². The fourth-order valence-electron chi connectivity index (χ4n) is 2.97. The minimum Gasteiger partial charge on any atom is -0.496 e. The summed E-state index contributed by atoms with van der Waals surface area (Å²) in [6.07, 6.45) is -0.216. The van der Waals surface area contributed by atoms with Gasteiger partial charge in [0, 0.05) is 12.1 Å². The van der Waals surface area contributed by atoms with E-state index in [2.05, 4.69) is 5.32 Å². The SMILES string of the molecule is COc1ccccc1CCC(=O)O[C@H](C)C(=O)Nc1ccc2ccccc2c1. The van der Waals surface area contributed by atoms with Crippen LogP contribution >= 0.6 is 0 Å². The highest BCUT2D eigenvalue weighted by molar-refractivity contribution is 5.97. The molecule has 5 heteroatoms. The summed E-state index contributed by atoms with van der Waals surface area (Å²) >= 11 is 0. The van der Waals surface area contributed by atoms with Crippen molar-refractivity contribution in [2.24, 2.45) is 0 Å². The second-order valence-corrected chi connectivity index (χ2v) is 6.50. The molecular weight excluding hydrogens is 354 g/mol. The molecule has 0 aliphatic heterocycles. The van der Waals surface area contributed by atoms with Crippen molar-refractivity contribution in [1.29, 1.82) is 0 Å². The Balaban J connectivity index is 1.53. The lowest BCUT2D eigenvalue weighted by molar-refractivity contribution is -0.153. The molecule has 0 unspecified atom stereocenters. The molecule has 3 aromatic rings. The molecule has 5 nitrogen and oxygen atoms in total. The number of hydrogen-bond acceptors (Lipinski definition) is 4. The summed E-state index contributed by atoms with van der Waals surface area (Å²) in [6.45, 7) is 1.57. The Bertz CT molecular complexity index is 983. The third kappa shape index (κ3) is 4.88. The Labute approximate surface area is 164 Å². The van der Waals surface area contributed by atoms with Gasteiger partial charge in [-0.15, -0.1) is 0 Å². The summed E-state index contributed by atoms with van der Waals surface area (Å²) in [5, 5.41) is 4.92. The zero-order valence-corrected chi connectivity index (χ0v) is 16.0. The number of fused-ring (bicyclic) bond motifs is 1. The van der Waals surface area contributed by atoms with Crippen LogP contribution in [-0.2, 0) is 20.7 Å². The van der Waals surface area contributed by atoms with Gasteiger partial charge in [0.1, 0.15) is 5.75 Å². The van der Waals surface area contributed by atoms with Gasteiger partial charge in [0.15, 0.2) is 6.10 Å². The Hall–Kier alpha value is -3.34. The van der Waals surface area contributed by atoms with Crippen LogP contribution in [0, 0.1) is 0 Å². The normalized spacial score (nSPS) is 11.6. The van der Waals surface area contributed by atoms with E-state index in [1.807, 2.05) is 66.7 Å².